The van der Waals surface area contributed by atoms with E-state index in [2.05, 4.69) is 25.3 Å². The predicted molar refractivity (Wildman–Crippen MR) is 137 cm³/mol. The Bertz CT molecular complexity index is 1500. The minimum Gasteiger partial charge on any atom is -0.333 e. The van der Waals surface area contributed by atoms with Crippen molar-refractivity contribution in [2.75, 3.05) is 13.1 Å². The summed E-state index contributed by atoms with van der Waals surface area (Å²) in [5.74, 6) is -0.204. The molecule has 0 bridgehead atoms. The third-order valence-electron chi connectivity index (χ3n) is 6.50. The summed E-state index contributed by atoms with van der Waals surface area (Å²) in [7, 11) is 0. The molecule has 1 aliphatic heterocycles. The lowest BCUT2D eigenvalue weighted by atomic mass is 10.0. The van der Waals surface area contributed by atoms with E-state index in [4.69, 9.17) is 6.57 Å². The van der Waals surface area contributed by atoms with Crippen molar-refractivity contribution in [2.24, 2.45) is 0 Å². The monoisotopic (exact) mass is 480 g/mol. The van der Waals surface area contributed by atoms with Crippen molar-refractivity contribution < 1.29 is 9.18 Å². The molecule has 0 spiro atoms. The molecule has 0 atom stereocenters. The van der Waals surface area contributed by atoms with Crippen LogP contribution in [0.4, 0.5) is 14.9 Å². The quantitative estimate of drug-likeness (QED) is 0.396. The molecular formula is C28H25FN6O. The van der Waals surface area contributed by atoms with Crippen molar-refractivity contribution in [2.45, 2.75) is 26.4 Å². The van der Waals surface area contributed by atoms with E-state index in [0.29, 0.717) is 37.3 Å². The number of aryl methyl sites for hydroxylation is 1. The number of fused-ring (bicyclic) bond motifs is 3. The molecule has 7 nitrogen and oxygen atoms in total. The van der Waals surface area contributed by atoms with Gasteiger partial charge < -0.3 is 5.32 Å². The first kappa shape index (κ1) is 23.4. The number of nitrogens with one attached hydrogen (secondary N) is 1. The largest absolute Gasteiger partial charge is 0.333 e. The van der Waals surface area contributed by atoms with Gasteiger partial charge in [0.15, 0.2) is 5.69 Å². The maximum absolute atomic E-state index is 13.8. The van der Waals surface area contributed by atoms with Gasteiger partial charge in [0.2, 0.25) is 0 Å². The molecule has 8 heteroatoms. The van der Waals surface area contributed by atoms with Crippen LogP contribution in [-0.4, -0.2) is 38.8 Å². The number of hydrogen-bond donors (Lipinski definition) is 1. The molecule has 2 aromatic carbocycles. The second-order valence-electron chi connectivity index (χ2n) is 8.88. The molecular weight excluding hydrogens is 455 g/mol. The number of amides is 1. The Labute approximate surface area is 208 Å². The SMILES string of the molecule is [C-]#[N+]c1ccc2c3c(n(C(=O)NCc4ccnnc4)c2c1)CCN(C/C=C/c1ccc(C)c(F)c1)C3. The van der Waals surface area contributed by atoms with Crippen LogP contribution in [0, 0.1) is 19.3 Å². The summed E-state index contributed by atoms with van der Waals surface area (Å²) in [5.41, 5.74) is 5.63. The van der Waals surface area contributed by atoms with E-state index in [9.17, 15) is 9.18 Å². The molecule has 1 amide bonds. The number of rotatable bonds is 5. The van der Waals surface area contributed by atoms with Crippen molar-refractivity contribution in [3.63, 3.8) is 0 Å². The molecule has 180 valence electrons. The summed E-state index contributed by atoms with van der Waals surface area (Å²) >= 11 is 0. The van der Waals surface area contributed by atoms with Gasteiger partial charge in [0.05, 0.1) is 12.8 Å². The molecule has 4 aromatic rings. The Morgan fingerprint density at radius 3 is 2.89 bits per heavy atom. The number of carbonyl (C=O) groups excluding carboxylic acids is 1. The van der Waals surface area contributed by atoms with Crippen LogP contribution in [0.2, 0.25) is 0 Å². The summed E-state index contributed by atoms with van der Waals surface area (Å²) in [6.07, 6.45) is 7.89. The smallest absolute Gasteiger partial charge is 0.326 e. The highest BCUT2D eigenvalue weighted by Crippen LogP contribution is 2.33. The molecule has 0 radical (unpaired) electrons. The van der Waals surface area contributed by atoms with E-state index in [0.717, 1.165) is 39.8 Å². The standard InChI is InChI=1S/C28H25FN6O/c1-19-5-6-20(14-25(19)29)4-3-12-34-13-10-26-24(18-34)23-8-7-22(30-2)15-27(23)35(26)28(36)31-16-21-9-11-32-33-17-21/h3-9,11,14-15,17H,10,12-13,16,18H2,1H3,(H,31,36)/b4-3+. The summed E-state index contributed by atoms with van der Waals surface area (Å²) in [6.45, 7) is 11.7. The van der Waals surface area contributed by atoms with Crippen LogP contribution in [-0.2, 0) is 19.5 Å². The van der Waals surface area contributed by atoms with Crippen LogP contribution >= 0.6 is 0 Å². The number of halogens is 1. The minimum absolute atomic E-state index is 0.204. The van der Waals surface area contributed by atoms with Gasteiger partial charge in [-0.3, -0.25) is 9.47 Å². The van der Waals surface area contributed by atoms with E-state index in [1.54, 1.807) is 48.1 Å². The Morgan fingerprint density at radius 1 is 1.22 bits per heavy atom. The molecule has 1 N–H and O–H groups in total. The minimum atomic E-state index is -0.227. The second-order valence-corrected chi connectivity index (χ2v) is 8.88. The second kappa shape index (κ2) is 10.1. The molecule has 3 heterocycles. The van der Waals surface area contributed by atoms with E-state index in [1.807, 2.05) is 30.4 Å². The molecule has 0 fully saturated rings. The normalized spacial score (nSPS) is 13.6. The maximum Gasteiger partial charge on any atom is 0.326 e. The summed E-state index contributed by atoms with van der Waals surface area (Å²) in [5, 5.41) is 11.6. The first-order chi connectivity index (χ1) is 17.5. The molecule has 0 saturated carbocycles. The molecule has 0 saturated heterocycles. The van der Waals surface area contributed by atoms with Crippen molar-refractivity contribution >= 4 is 28.7 Å². The maximum atomic E-state index is 13.8. The van der Waals surface area contributed by atoms with Crippen LogP contribution < -0.4 is 5.32 Å². The van der Waals surface area contributed by atoms with Crippen molar-refractivity contribution in [1.82, 2.24) is 25.0 Å². The number of benzene rings is 2. The lowest BCUT2D eigenvalue weighted by Gasteiger charge is -2.27. The van der Waals surface area contributed by atoms with E-state index < -0.39 is 0 Å². The van der Waals surface area contributed by atoms with Gasteiger partial charge in [0, 0.05) is 55.4 Å². The molecule has 5 rings (SSSR count). The van der Waals surface area contributed by atoms with Gasteiger partial charge in [0.1, 0.15) is 5.82 Å². The highest BCUT2D eigenvalue weighted by Gasteiger charge is 2.26. The summed E-state index contributed by atoms with van der Waals surface area (Å²) < 4.78 is 15.6. The first-order valence-electron chi connectivity index (χ1n) is 11.8. The highest BCUT2D eigenvalue weighted by molar-refractivity contribution is 5.97. The summed E-state index contributed by atoms with van der Waals surface area (Å²) in [4.78, 5) is 19.2. The predicted octanol–water partition coefficient (Wildman–Crippen LogP) is 5.26. The fourth-order valence-corrected chi connectivity index (χ4v) is 4.59. The zero-order chi connectivity index (χ0) is 25.1. The zero-order valence-electron chi connectivity index (χ0n) is 19.9. The van der Waals surface area contributed by atoms with Gasteiger partial charge in [0.25, 0.3) is 0 Å². The Balaban J connectivity index is 1.39. The average molecular weight is 481 g/mol. The highest BCUT2D eigenvalue weighted by atomic mass is 19.1. The van der Waals surface area contributed by atoms with Gasteiger partial charge in [-0.05, 0) is 47.4 Å². The third kappa shape index (κ3) is 4.74. The molecule has 36 heavy (non-hydrogen) atoms. The van der Waals surface area contributed by atoms with Crippen LogP contribution in [0.3, 0.4) is 0 Å². The Hall–Kier alpha value is -4.35. The molecule has 0 unspecified atom stereocenters. The first-order valence-corrected chi connectivity index (χ1v) is 11.8. The van der Waals surface area contributed by atoms with Gasteiger partial charge in [-0.1, -0.05) is 36.4 Å². The van der Waals surface area contributed by atoms with Crippen LogP contribution in [0.5, 0.6) is 0 Å². The molecule has 1 aliphatic rings. The van der Waals surface area contributed by atoms with Gasteiger partial charge in [-0.2, -0.15) is 10.2 Å². The van der Waals surface area contributed by atoms with Gasteiger partial charge in [-0.25, -0.2) is 14.0 Å². The number of carbonyl (C=O) groups is 1. The van der Waals surface area contributed by atoms with Crippen LogP contribution in [0.15, 0.2) is 60.9 Å². The van der Waals surface area contributed by atoms with E-state index >= 15 is 0 Å². The van der Waals surface area contributed by atoms with Crippen molar-refractivity contribution in [3.05, 3.63) is 106 Å². The van der Waals surface area contributed by atoms with E-state index in [1.165, 1.54) is 0 Å². The fourth-order valence-electron chi connectivity index (χ4n) is 4.59. The van der Waals surface area contributed by atoms with Gasteiger partial charge in [-0.15, -0.1) is 0 Å². The molecule has 0 aliphatic carbocycles. The van der Waals surface area contributed by atoms with Crippen LogP contribution in [0.25, 0.3) is 21.8 Å². The zero-order valence-corrected chi connectivity index (χ0v) is 19.9. The molecule has 2 aromatic heterocycles. The fraction of sp³-hybridized carbons (Fsp3) is 0.214. The van der Waals surface area contributed by atoms with Crippen LogP contribution in [0.1, 0.15) is 27.9 Å². The van der Waals surface area contributed by atoms with Crippen molar-refractivity contribution in [1.29, 1.82) is 0 Å². The Morgan fingerprint density at radius 2 is 2.11 bits per heavy atom. The summed E-state index contributed by atoms with van der Waals surface area (Å²) in [6, 6.07) is 12.3. The number of nitrogens with zero attached hydrogens (tertiary/aromatic N) is 5. The number of aromatic nitrogens is 3. The topological polar surface area (TPSA) is 67.4 Å². The lowest BCUT2D eigenvalue weighted by molar-refractivity contribution is 0.240. The van der Waals surface area contributed by atoms with E-state index in [-0.39, 0.29) is 11.8 Å². The lowest BCUT2D eigenvalue weighted by Crippen LogP contribution is -2.34. The Kier molecular flexibility index (Phi) is 6.56. The van der Waals surface area contributed by atoms with Crippen molar-refractivity contribution in [3.8, 4) is 0 Å². The van der Waals surface area contributed by atoms with Gasteiger partial charge >= 0.3 is 6.03 Å². The third-order valence-corrected chi connectivity index (χ3v) is 6.50. The number of hydrogen-bond acceptors (Lipinski definition) is 4. The average Bonchev–Trinajstić information content (AvgIpc) is 3.23.